The van der Waals surface area contributed by atoms with Gasteiger partial charge < -0.3 is 5.32 Å². The van der Waals surface area contributed by atoms with E-state index in [4.69, 9.17) is 0 Å². The summed E-state index contributed by atoms with van der Waals surface area (Å²) < 4.78 is 0. The summed E-state index contributed by atoms with van der Waals surface area (Å²) in [7, 11) is 0. The maximum Gasteiger partial charge on any atom is 0.238 e. The molecular weight excluding hydrogens is 358 g/mol. The molecule has 1 aliphatic rings. The van der Waals surface area contributed by atoms with Gasteiger partial charge in [-0.05, 0) is 61.6 Å². The van der Waals surface area contributed by atoms with Gasteiger partial charge in [-0.3, -0.25) is 14.6 Å². The molecule has 3 aromatic rings. The predicted octanol–water partition coefficient (Wildman–Crippen LogP) is 4.04. The zero-order valence-corrected chi connectivity index (χ0v) is 15.7. The molecule has 0 bridgehead atoms. The lowest BCUT2D eigenvalue weighted by Gasteiger charge is -2.22. The number of carbonyl (C=O) groups is 1. The second-order valence-corrected chi connectivity index (χ2v) is 7.23. The first kappa shape index (κ1) is 17.6. The van der Waals surface area contributed by atoms with Crippen LogP contribution in [0.15, 0.2) is 59.6 Å². The van der Waals surface area contributed by atoms with Crippen molar-refractivity contribution in [1.29, 1.82) is 0 Å². The minimum atomic E-state index is 0.0205. The largest absolute Gasteiger partial charge is 0.325 e. The molecular formula is C20H21N5OS. The molecule has 3 heterocycles. The maximum absolute atomic E-state index is 12.4. The molecule has 0 aliphatic carbocycles. The maximum atomic E-state index is 12.4. The molecule has 1 saturated heterocycles. The fourth-order valence-corrected chi connectivity index (χ4v) is 3.86. The van der Waals surface area contributed by atoms with Crippen LogP contribution in [0.1, 0.15) is 12.8 Å². The summed E-state index contributed by atoms with van der Waals surface area (Å²) in [5.74, 6) is 0.614. The number of likely N-dealkylation sites (tertiary alicyclic amines) is 1. The normalized spacial score (nSPS) is 14.2. The fraction of sp³-hybridized carbons (Fsp3) is 0.250. The van der Waals surface area contributed by atoms with Crippen LogP contribution in [0.3, 0.4) is 0 Å². The first-order chi connectivity index (χ1) is 13.3. The Morgan fingerprint density at radius 3 is 2.67 bits per heavy atom. The van der Waals surface area contributed by atoms with Gasteiger partial charge in [0.1, 0.15) is 0 Å². The summed E-state index contributed by atoms with van der Waals surface area (Å²) in [6.45, 7) is 2.45. The minimum absolute atomic E-state index is 0.0205. The first-order valence-electron chi connectivity index (χ1n) is 9.01. The molecule has 0 atom stereocenters. The zero-order valence-electron chi connectivity index (χ0n) is 14.9. The highest BCUT2D eigenvalue weighted by molar-refractivity contribution is 7.08. The van der Waals surface area contributed by atoms with Crippen molar-refractivity contribution in [1.82, 2.24) is 14.9 Å². The molecule has 1 N–H and O–H groups in total. The third-order valence-corrected chi connectivity index (χ3v) is 5.14. The third-order valence-electron chi connectivity index (χ3n) is 4.47. The van der Waals surface area contributed by atoms with E-state index >= 15 is 0 Å². The number of amides is 1. The number of hydrogen-bond donors (Lipinski definition) is 1. The van der Waals surface area contributed by atoms with Crippen molar-refractivity contribution in [3.63, 3.8) is 0 Å². The van der Waals surface area contributed by atoms with Crippen LogP contribution in [-0.2, 0) is 4.79 Å². The third kappa shape index (κ3) is 4.32. The molecule has 138 valence electrons. The summed E-state index contributed by atoms with van der Waals surface area (Å²) in [4.78, 5) is 25.3. The van der Waals surface area contributed by atoms with Crippen molar-refractivity contribution in [3.05, 3.63) is 59.6 Å². The number of rotatable bonds is 6. The van der Waals surface area contributed by atoms with E-state index in [0.717, 1.165) is 30.2 Å². The number of thiophene rings is 1. The second-order valence-electron chi connectivity index (χ2n) is 6.45. The standard InChI is InChI=1S/C20H21N5OS/c26-19(14-24-10-1-2-11-24)23-16-5-3-6-17(13-16)25(18-7-12-27-15-18)20-21-8-4-9-22-20/h3-9,12-13,15H,1-2,10-11,14H2,(H,23,26). The van der Waals surface area contributed by atoms with Crippen LogP contribution < -0.4 is 10.2 Å². The molecule has 6 nitrogen and oxygen atoms in total. The van der Waals surface area contributed by atoms with Gasteiger partial charge in [-0.2, -0.15) is 11.3 Å². The van der Waals surface area contributed by atoms with Gasteiger partial charge in [0.25, 0.3) is 0 Å². The van der Waals surface area contributed by atoms with Gasteiger partial charge in [-0.25, -0.2) is 9.97 Å². The number of nitrogens with zero attached hydrogens (tertiary/aromatic N) is 4. The van der Waals surface area contributed by atoms with Crippen molar-refractivity contribution in [2.24, 2.45) is 0 Å². The number of benzene rings is 1. The average Bonchev–Trinajstić information content (AvgIpc) is 3.38. The summed E-state index contributed by atoms with van der Waals surface area (Å²) >= 11 is 1.62. The van der Waals surface area contributed by atoms with Crippen LogP contribution in [-0.4, -0.2) is 40.4 Å². The topological polar surface area (TPSA) is 61.4 Å². The number of carbonyl (C=O) groups excluding carboxylic acids is 1. The monoisotopic (exact) mass is 379 g/mol. The molecule has 0 radical (unpaired) electrons. The molecule has 1 fully saturated rings. The number of anilines is 4. The van der Waals surface area contributed by atoms with Crippen LogP contribution in [0.4, 0.5) is 23.0 Å². The average molecular weight is 379 g/mol. The SMILES string of the molecule is O=C(CN1CCCC1)Nc1cccc(N(c2ccsc2)c2ncccn2)c1. The molecule has 0 spiro atoms. The molecule has 0 unspecified atom stereocenters. The van der Waals surface area contributed by atoms with Crippen LogP contribution in [0.2, 0.25) is 0 Å². The molecule has 0 saturated carbocycles. The van der Waals surface area contributed by atoms with Crippen molar-refractivity contribution >= 4 is 40.3 Å². The number of aromatic nitrogens is 2. The van der Waals surface area contributed by atoms with Crippen molar-refractivity contribution in [2.75, 3.05) is 29.9 Å². The van der Waals surface area contributed by atoms with E-state index in [1.807, 2.05) is 40.6 Å². The summed E-state index contributed by atoms with van der Waals surface area (Å²) in [6, 6.07) is 11.6. The van der Waals surface area contributed by atoms with Gasteiger partial charge in [0.05, 0.1) is 17.9 Å². The summed E-state index contributed by atoms with van der Waals surface area (Å²) in [5.41, 5.74) is 2.66. The number of nitrogens with one attached hydrogen (secondary N) is 1. The van der Waals surface area contributed by atoms with Gasteiger partial charge in [-0.15, -0.1) is 0 Å². The minimum Gasteiger partial charge on any atom is -0.325 e. The molecule has 2 aromatic heterocycles. The lowest BCUT2D eigenvalue weighted by molar-refractivity contribution is -0.117. The van der Waals surface area contributed by atoms with E-state index in [-0.39, 0.29) is 5.91 Å². The molecule has 27 heavy (non-hydrogen) atoms. The molecule has 7 heteroatoms. The number of hydrogen-bond acceptors (Lipinski definition) is 6. The van der Waals surface area contributed by atoms with E-state index in [0.29, 0.717) is 12.5 Å². The van der Waals surface area contributed by atoms with Crippen LogP contribution in [0.5, 0.6) is 0 Å². The lowest BCUT2D eigenvalue weighted by Crippen LogP contribution is -2.30. The molecule has 4 rings (SSSR count). The van der Waals surface area contributed by atoms with E-state index < -0.39 is 0 Å². The Kier molecular flexibility index (Phi) is 5.41. The van der Waals surface area contributed by atoms with Gasteiger partial charge >= 0.3 is 0 Å². The second kappa shape index (κ2) is 8.28. The van der Waals surface area contributed by atoms with Gasteiger partial charge in [0, 0.05) is 23.5 Å². The Morgan fingerprint density at radius 2 is 1.93 bits per heavy atom. The Hall–Kier alpha value is -2.77. The van der Waals surface area contributed by atoms with Crippen molar-refractivity contribution < 1.29 is 4.79 Å². The van der Waals surface area contributed by atoms with E-state index in [9.17, 15) is 4.79 Å². The highest BCUT2D eigenvalue weighted by atomic mass is 32.1. The molecule has 1 aromatic carbocycles. The van der Waals surface area contributed by atoms with E-state index in [2.05, 4.69) is 25.6 Å². The Balaban J connectivity index is 1.56. The molecule has 1 aliphatic heterocycles. The Morgan fingerprint density at radius 1 is 1.11 bits per heavy atom. The summed E-state index contributed by atoms with van der Waals surface area (Å²) in [6.07, 6.45) is 5.80. The van der Waals surface area contributed by atoms with Gasteiger partial charge in [-0.1, -0.05) is 6.07 Å². The highest BCUT2D eigenvalue weighted by Crippen LogP contribution is 2.34. The fourth-order valence-electron chi connectivity index (χ4n) is 3.24. The molecule has 1 amide bonds. The zero-order chi connectivity index (χ0) is 18.5. The smallest absolute Gasteiger partial charge is 0.238 e. The van der Waals surface area contributed by atoms with E-state index in [1.165, 1.54) is 12.8 Å². The van der Waals surface area contributed by atoms with Crippen molar-refractivity contribution in [2.45, 2.75) is 12.8 Å². The van der Waals surface area contributed by atoms with Gasteiger partial charge in [0.2, 0.25) is 11.9 Å². The van der Waals surface area contributed by atoms with Crippen LogP contribution in [0, 0.1) is 0 Å². The lowest BCUT2D eigenvalue weighted by atomic mass is 10.2. The Labute approximate surface area is 162 Å². The summed E-state index contributed by atoms with van der Waals surface area (Å²) in [5, 5.41) is 7.09. The van der Waals surface area contributed by atoms with E-state index in [1.54, 1.807) is 29.8 Å². The van der Waals surface area contributed by atoms with Crippen LogP contribution in [0.25, 0.3) is 0 Å². The van der Waals surface area contributed by atoms with Gasteiger partial charge in [0.15, 0.2) is 0 Å². The quantitative estimate of drug-likeness (QED) is 0.700. The van der Waals surface area contributed by atoms with Crippen LogP contribution >= 0.6 is 11.3 Å². The first-order valence-corrected chi connectivity index (χ1v) is 9.95. The predicted molar refractivity (Wildman–Crippen MR) is 109 cm³/mol. The van der Waals surface area contributed by atoms with Crippen molar-refractivity contribution in [3.8, 4) is 0 Å². The Bertz CT molecular complexity index is 878. The highest BCUT2D eigenvalue weighted by Gasteiger charge is 2.17.